The van der Waals surface area contributed by atoms with Gasteiger partial charge in [-0.2, -0.15) is 0 Å². The van der Waals surface area contributed by atoms with Gasteiger partial charge in [-0.25, -0.2) is 0 Å². The molecule has 0 amide bonds. The molecule has 0 aromatic rings. The Hall–Kier alpha value is -0.134. The second kappa shape index (κ2) is 16.3. The van der Waals surface area contributed by atoms with Crippen LogP contribution in [0.1, 0.15) is 89.9 Å². The SMILES string of the molecule is O=C([O-])C1CCCCCCC1.O=C([O-])C1CCCCCCC1.[Cl-].[Ga+3]. The van der Waals surface area contributed by atoms with Crippen LogP contribution in [0, 0.1) is 11.8 Å². The Bertz CT molecular complexity index is 291. The van der Waals surface area contributed by atoms with E-state index in [1.165, 1.54) is 38.5 Å². The molecule has 0 heterocycles. The van der Waals surface area contributed by atoms with E-state index in [9.17, 15) is 19.8 Å². The maximum Gasteiger partial charge on any atom is 3.00 e. The van der Waals surface area contributed by atoms with E-state index in [-0.39, 0.29) is 44.0 Å². The largest absolute Gasteiger partial charge is 3.00 e. The molecule has 0 radical (unpaired) electrons. The summed E-state index contributed by atoms with van der Waals surface area (Å²) in [5, 5.41) is 21.0. The van der Waals surface area contributed by atoms with Gasteiger partial charge >= 0.3 is 19.8 Å². The number of aliphatic carboxylic acids is 2. The molecule has 0 bridgehead atoms. The Morgan fingerprint density at radius 2 is 0.750 bits per heavy atom. The number of carbonyl (C=O) groups is 2. The summed E-state index contributed by atoms with van der Waals surface area (Å²) in [4.78, 5) is 21.0. The zero-order chi connectivity index (χ0) is 16.2. The van der Waals surface area contributed by atoms with Crippen LogP contribution in [0.5, 0.6) is 0 Å². The summed E-state index contributed by atoms with van der Waals surface area (Å²) in [5.41, 5.74) is 0. The second-order valence-electron chi connectivity index (χ2n) is 6.72. The predicted octanol–water partition coefficient (Wildman–Crippen LogP) is -1.18. The molecule has 0 aromatic heterocycles. The van der Waals surface area contributed by atoms with Gasteiger partial charge in [0.2, 0.25) is 0 Å². The maximum absolute atomic E-state index is 10.5. The number of carboxylic acids is 2. The van der Waals surface area contributed by atoms with Crippen LogP contribution in [0.25, 0.3) is 0 Å². The van der Waals surface area contributed by atoms with Gasteiger partial charge in [0, 0.05) is 11.9 Å². The van der Waals surface area contributed by atoms with E-state index in [0.29, 0.717) is 0 Å². The molecule has 0 atom stereocenters. The van der Waals surface area contributed by atoms with E-state index in [0.717, 1.165) is 51.4 Å². The molecule has 136 valence electrons. The number of hydrogen-bond donors (Lipinski definition) is 0. The van der Waals surface area contributed by atoms with E-state index < -0.39 is 11.9 Å². The van der Waals surface area contributed by atoms with Gasteiger partial charge in [0.1, 0.15) is 0 Å². The van der Waals surface area contributed by atoms with Gasteiger partial charge in [0.05, 0.1) is 0 Å². The second-order valence-corrected chi connectivity index (χ2v) is 6.72. The number of carbonyl (C=O) groups excluding carboxylic acids is 2. The topological polar surface area (TPSA) is 80.3 Å². The predicted molar refractivity (Wildman–Crippen MR) is 87.4 cm³/mol. The van der Waals surface area contributed by atoms with Crippen LogP contribution in [0.15, 0.2) is 0 Å². The van der Waals surface area contributed by atoms with Gasteiger partial charge in [0.25, 0.3) is 0 Å². The first-order valence-corrected chi connectivity index (χ1v) is 9.03. The fourth-order valence-electron chi connectivity index (χ4n) is 3.38. The first-order valence-electron chi connectivity index (χ1n) is 9.03. The molecule has 2 rings (SSSR count). The van der Waals surface area contributed by atoms with E-state index >= 15 is 0 Å². The van der Waals surface area contributed by atoms with Crippen LogP contribution in [0.4, 0.5) is 0 Å². The van der Waals surface area contributed by atoms with Gasteiger partial charge in [-0.1, -0.05) is 64.2 Å². The third-order valence-electron chi connectivity index (χ3n) is 4.88. The molecule has 0 spiro atoms. The fraction of sp³-hybridized carbons (Fsp3) is 0.889. The molecule has 0 aliphatic heterocycles. The summed E-state index contributed by atoms with van der Waals surface area (Å²) >= 11 is 0. The van der Waals surface area contributed by atoms with Crippen molar-refractivity contribution in [3.63, 3.8) is 0 Å². The van der Waals surface area contributed by atoms with Gasteiger partial charge in [-0.15, -0.1) is 0 Å². The Balaban J connectivity index is 0. The van der Waals surface area contributed by atoms with Gasteiger partial charge < -0.3 is 32.2 Å². The summed E-state index contributed by atoms with van der Waals surface area (Å²) in [6.07, 6.45) is 15.0. The van der Waals surface area contributed by atoms with Crippen molar-refractivity contribution in [2.45, 2.75) is 89.9 Å². The quantitative estimate of drug-likeness (QED) is 0.532. The summed E-state index contributed by atoms with van der Waals surface area (Å²) in [6, 6.07) is 0. The third-order valence-corrected chi connectivity index (χ3v) is 4.88. The van der Waals surface area contributed by atoms with Crippen molar-refractivity contribution in [1.82, 2.24) is 0 Å². The number of hydrogen-bond acceptors (Lipinski definition) is 4. The van der Waals surface area contributed by atoms with Gasteiger partial charge in [-0.3, -0.25) is 0 Å². The van der Waals surface area contributed by atoms with E-state index in [1.54, 1.807) is 0 Å². The zero-order valence-electron chi connectivity index (χ0n) is 14.6. The Labute approximate surface area is 165 Å². The minimum atomic E-state index is -0.841. The molecule has 2 fully saturated rings. The Kier molecular flexibility index (Phi) is 17.8. The average molecular weight is 416 g/mol. The first kappa shape index (κ1) is 26.1. The Morgan fingerprint density at radius 3 is 0.958 bits per heavy atom. The average Bonchev–Trinajstić information content (AvgIpc) is 2.37. The van der Waals surface area contributed by atoms with Crippen molar-refractivity contribution >= 4 is 31.7 Å². The van der Waals surface area contributed by atoms with Crippen molar-refractivity contribution in [3.8, 4) is 0 Å². The molecule has 2 saturated carbocycles. The molecule has 6 heteroatoms. The minimum absolute atomic E-state index is 0. The minimum Gasteiger partial charge on any atom is -1.00 e. The molecule has 0 unspecified atom stereocenters. The normalized spacial score (nSPS) is 20.3. The maximum atomic E-state index is 10.5. The van der Waals surface area contributed by atoms with Gasteiger partial charge in [-0.05, 0) is 37.5 Å². The molecule has 0 N–H and O–H groups in total. The number of rotatable bonds is 2. The van der Waals surface area contributed by atoms with Crippen molar-refractivity contribution in [2.75, 3.05) is 0 Å². The van der Waals surface area contributed by atoms with Crippen LogP contribution < -0.4 is 22.6 Å². The van der Waals surface area contributed by atoms with Crippen LogP contribution in [-0.4, -0.2) is 31.7 Å². The number of halogens is 1. The summed E-state index contributed by atoms with van der Waals surface area (Å²) in [6.45, 7) is 0. The summed E-state index contributed by atoms with van der Waals surface area (Å²) < 4.78 is 0. The fourth-order valence-corrected chi connectivity index (χ4v) is 3.38. The van der Waals surface area contributed by atoms with Crippen molar-refractivity contribution < 1.29 is 32.2 Å². The van der Waals surface area contributed by atoms with Crippen molar-refractivity contribution in [1.29, 1.82) is 0 Å². The molecule has 0 aromatic carbocycles. The van der Waals surface area contributed by atoms with E-state index in [4.69, 9.17) is 0 Å². The molecule has 2 aliphatic rings. The van der Waals surface area contributed by atoms with Crippen LogP contribution >= 0.6 is 0 Å². The zero-order valence-corrected chi connectivity index (χ0v) is 17.8. The van der Waals surface area contributed by atoms with Crippen molar-refractivity contribution in [3.05, 3.63) is 0 Å². The number of carboxylic acid groups (broad SMARTS) is 2. The molecule has 2 aliphatic carbocycles. The van der Waals surface area contributed by atoms with E-state index in [2.05, 4.69) is 0 Å². The smallest absolute Gasteiger partial charge is 1.00 e. The monoisotopic (exact) mass is 414 g/mol. The molecule has 24 heavy (non-hydrogen) atoms. The summed E-state index contributed by atoms with van der Waals surface area (Å²) in [5.74, 6) is -2.00. The molecule has 4 nitrogen and oxygen atoms in total. The summed E-state index contributed by atoms with van der Waals surface area (Å²) in [7, 11) is 0. The van der Waals surface area contributed by atoms with Crippen LogP contribution in [0.3, 0.4) is 0 Å². The standard InChI is InChI=1S/2C9H16O2.ClH.Ga/c2*10-9(11)8-6-4-2-1-3-5-7-8;;/h2*8H,1-7H2,(H,10,11);1H;/q;;;+3/p-3. The molecular weight excluding hydrogens is 385 g/mol. The third kappa shape index (κ3) is 12.3. The van der Waals surface area contributed by atoms with Crippen LogP contribution in [0.2, 0.25) is 0 Å². The molecular formula is C18H30ClGaO4. The van der Waals surface area contributed by atoms with Gasteiger partial charge in [0.15, 0.2) is 0 Å². The van der Waals surface area contributed by atoms with E-state index in [1.807, 2.05) is 0 Å². The van der Waals surface area contributed by atoms with Crippen molar-refractivity contribution in [2.24, 2.45) is 11.8 Å². The van der Waals surface area contributed by atoms with Crippen LogP contribution in [-0.2, 0) is 9.59 Å². The first-order chi connectivity index (χ1) is 10.6. The molecule has 0 saturated heterocycles. The Morgan fingerprint density at radius 1 is 0.542 bits per heavy atom.